The number of urea groups is 1. The molecule has 1 aromatic heterocycles. The molecule has 1 atom stereocenters. The number of hydrogen-bond acceptors (Lipinski definition) is 4. The van der Waals surface area contributed by atoms with Crippen molar-refractivity contribution in [3.05, 3.63) is 53.9 Å². The average molecular weight is 384 g/mol. The van der Waals surface area contributed by atoms with Crippen molar-refractivity contribution in [2.45, 2.75) is 33.2 Å². The highest BCUT2D eigenvalue weighted by Crippen LogP contribution is 2.23. The van der Waals surface area contributed by atoms with Crippen LogP contribution in [0.5, 0.6) is 0 Å². The molecule has 1 aromatic carbocycles. The lowest BCUT2D eigenvalue weighted by molar-refractivity contribution is -0.119. The minimum Gasteiger partial charge on any atom is -0.375 e. The van der Waals surface area contributed by atoms with Crippen molar-refractivity contribution in [3.8, 4) is 0 Å². The number of amides is 3. The Morgan fingerprint density at radius 3 is 2.61 bits per heavy atom. The maximum absolute atomic E-state index is 12.6. The van der Waals surface area contributed by atoms with Crippen LogP contribution in [0.25, 0.3) is 0 Å². The van der Waals surface area contributed by atoms with Crippen molar-refractivity contribution in [3.63, 3.8) is 0 Å². The average Bonchev–Trinajstić information content (AvgIpc) is 2.64. The number of aryl methyl sites for hydroxylation is 1. The minimum atomic E-state index is -0.307. The fourth-order valence-corrected chi connectivity index (χ4v) is 2.81. The third-order valence-corrected chi connectivity index (χ3v) is 4.14. The molecule has 150 valence electrons. The zero-order chi connectivity index (χ0) is 20.5. The number of pyridine rings is 1. The number of hydrogen-bond donors (Lipinski definition) is 3. The lowest BCUT2D eigenvalue weighted by atomic mass is 9.98. The highest BCUT2D eigenvalue weighted by molar-refractivity contribution is 5.94. The normalized spacial score (nSPS) is 11.8. The second-order valence-electron chi connectivity index (χ2n) is 7.08. The number of nitrogens with one attached hydrogen (secondary N) is 3. The molecule has 2 rings (SSSR count). The van der Waals surface area contributed by atoms with E-state index in [9.17, 15) is 9.59 Å². The van der Waals surface area contributed by atoms with Gasteiger partial charge in [0.05, 0.1) is 6.04 Å². The van der Waals surface area contributed by atoms with Crippen LogP contribution in [0.2, 0.25) is 0 Å². The number of ether oxygens (including phenoxy) is 1. The maximum Gasteiger partial charge on any atom is 0.319 e. The Bertz CT molecular complexity index is 793. The topological polar surface area (TPSA) is 92.4 Å². The lowest BCUT2D eigenvalue weighted by Crippen LogP contribution is -2.33. The summed E-state index contributed by atoms with van der Waals surface area (Å²) in [4.78, 5) is 28.5. The molecule has 0 aliphatic heterocycles. The van der Waals surface area contributed by atoms with Crippen molar-refractivity contribution in [1.82, 2.24) is 10.3 Å². The van der Waals surface area contributed by atoms with Gasteiger partial charge in [0.1, 0.15) is 6.61 Å². The van der Waals surface area contributed by atoms with E-state index >= 15 is 0 Å². The predicted molar refractivity (Wildman–Crippen MR) is 110 cm³/mol. The van der Waals surface area contributed by atoms with Gasteiger partial charge < -0.3 is 20.7 Å². The van der Waals surface area contributed by atoms with Gasteiger partial charge in [-0.1, -0.05) is 26.0 Å². The molecule has 0 radical (unpaired) electrons. The molecule has 0 saturated carbocycles. The molecule has 0 unspecified atom stereocenters. The number of carbonyl (C=O) groups excluding carboxylic acids is 2. The summed E-state index contributed by atoms with van der Waals surface area (Å²) < 4.78 is 4.81. The molecule has 0 spiro atoms. The van der Waals surface area contributed by atoms with Gasteiger partial charge in [0.25, 0.3) is 0 Å². The zero-order valence-electron chi connectivity index (χ0n) is 16.8. The fourth-order valence-electron chi connectivity index (χ4n) is 2.81. The standard InChI is InChI=1S/C21H28N4O3/c1-14(2)10-19(16-6-5-9-22-12-16)25-21(27)24-18-11-17(8-7-15(18)3)23-20(26)13-28-4/h5-9,11-12,14,19H,10,13H2,1-4H3,(H,23,26)(H2,24,25,27)/t19-/m0/s1. The van der Waals surface area contributed by atoms with Crippen LogP contribution < -0.4 is 16.0 Å². The highest BCUT2D eigenvalue weighted by Gasteiger charge is 2.17. The highest BCUT2D eigenvalue weighted by atomic mass is 16.5. The fraction of sp³-hybridized carbons (Fsp3) is 0.381. The molecule has 0 bridgehead atoms. The van der Waals surface area contributed by atoms with E-state index in [0.717, 1.165) is 17.5 Å². The summed E-state index contributed by atoms with van der Waals surface area (Å²) in [5, 5.41) is 8.63. The first kappa shape index (κ1) is 21.4. The Balaban J connectivity index is 2.09. The maximum atomic E-state index is 12.6. The Morgan fingerprint density at radius 1 is 1.18 bits per heavy atom. The van der Waals surface area contributed by atoms with Gasteiger partial charge in [-0.05, 0) is 48.6 Å². The van der Waals surface area contributed by atoms with E-state index < -0.39 is 0 Å². The second kappa shape index (κ2) is 10.4. The van der Waals surface area contributed by atoms with Crippen LogP contribution in [0.1, 0.15) is 37.4 Å². The van der Waals surface area contributed by atoms with E-state index in [1.54, 1.807) is 24.5 Å². The molecule has 3 N–H and O–H groups in total. The van der Waals surface area contributed by atoms with Crippen LogP contribution in [-0.4, -0.2) is 30.6 Å². The molecule has 0 saturated heterocycles. The quantitative estimate of drug-likeness (QED) is 0.644. The van der Waals surface area contributed by atoms with Crippen LogP contribution in [0.15, 0.2) is 42.7 Å². The summed E-state index contributed by atoms with van der Waals surface area (Å²) >= 11 is 0. The molecular formula is C21H28N4O3. The largest absolute Gasteiger partial charge is 0.375 e. The van der Waals surface area contributed by atoms with E-state index in [1.807, 2.05) is 25.1 Å². The van der Waals surface area contributed by atoms with Crippen LogP contribution in [0.3, 0.4) is 0 Å². The third kappa shape index (κ3) is 6.66. The summed E-state index contributed by atoms with van der Waals surface area (Å²) in [6, 6.07) is 8.71. The Kier molecular flexibility index (Phi) is 7.95. The van der Waals surface area contributed by atoms with Gasteiger partial charge in [0, 0.05) is 30.9 Å². The molecule has 28 heavy (non-hydrogen) atoms. The Morgan fingerprint density at radius 2 is 1.96 bits per heavy atom. The number of carbonyl (C=O) groups is 2. The summed E-state index contributed by atoms with van der Waals surface area (Å²) in [5.74, 6) is 0.155. The van der Waals surface area contributed by atoms with Crippen molar-refractivity contribution in [2.24, 2.45) is 5.92 Å². The Labute approximate surface area is 165 Å². The summed E-state index contributed by atoms with van der Waals surface area (Å²) in [6.45, 7) is 6.08. The van der Waals surface area contributed by atoms with E-state index in [4.69, 9.17) is 4.74 Å². The molecule has 0 fully saturated rings. The Hall–Kier alpha value is -2.93. The van der Waals surface area contributed by atoms with Crippen LogP contribution in [0.4, 0.5) is 16.2 Å². The van der Waals surface area contributed by atoms with Crippen molar-refractivity contribution < 1.29 is 14.3 Å². The van der Waals surface area contributed by atoms with Crippen molar-refractivity contribution in [1.29, 1.82) is 0 Å². The molecule has 0 aliphatic carbocycles. The number of aromatic nitrogens is 1. The SMILES string of the molecule is COCC(=O)Nc1ccc(C)c(NC(=O)N[C@@H](CC(C)C)c2cccnc2)c1. The summed E-state index contributed by atoms with van der Waals surface area (Å²) in [6.07, 6.45) is 4.28. The number of rotatable bonds is 8. The van der Waals surface area contributed by atoms with Crippen LogP contribution in [-0.2, 0) is 9.53 Å². The van der Waals surface area contributed by atoms with Gasteiger partial charge in [-0.2, -0.15) is 0 Å². The van der Waals surface area contributed by atoms with Crippen molar-refractivity contribution >= 4 is 23.3 Å². The van der Waals surface area contributed by atoms with Crippen LogP contribution >= 0.6 is 0 Å². The van der Waals surface area contributed by atoms with E-state index in [0.29, 0.717) is 17.3 Å². The van der Waals surface area contributed by atoms with E-state index in [-0.39, 0.29) is 24.6 Å². The lowest BCUT2D eigenvalue weighted by Gasteiger charge is -2.21. The molecule has 3 amide bonds. The zero-order valence-corrected chi connectivity index (χ0v) is 16.8. The number of nitrogens with zero attached hydrogens (tertiary/aromatic N) is 1. The summed E-state index contributed by atoms with van der Waals surface area (Å²) in [7, 11) is 1.46. The predicted octanol–water partition coefficient (Wildman–Crippen LogP) is 3.88. The number of anilines is 2. The molecule has 1 heterocycles. The van der Waals surface area contributed by atoms with Gasteiger partial charge >= 0.3 is 6.03 Å². The monoisotopic (exact) mass is 384 g/mol. The first-order valence-electron chi connectivity index (χ1n) is 9.26. The smallest absolute Gasteiger partial charge is 0.319 e. The molecule has 7 nitrogen and oxygen atoms in total. The van der Waals surface area contributed by atoms with Gasteiger partial charge in [0.15, 0.2) is 0 Å². The molecule has 7 heteroatoms. The number of methoxy groups -OCH3 is 1. The first-order valence-corrected chi connectivity index (χ1v) is 9.26. The van der Waals surface area contributed by atoms with Crippen LogP contribution in [0, 0.1) is 12.8 Å². The van der Waals surface area contributed by atoms with Gasteiger partial charge in [0.2, 0.25) is 5.91 Å². The second-order valence-corrected chi connectivity index (χ2v) is 7.08. The number of benzene rings is 1. The molecule has 2 aromatic rings. The van der Waals surface area contributed by atoms with Gasteiger partial charge in [-0.25, -0.2) is 4.79 Å². The van der Waals surface area contributed by atoms with Gasteiger partial charge in [-0.3, -0.25) is 9.78 Å². The van der Waals surface area contributed by atoms with E-state index in [2.05, 4.69) is 34.8 Å². The van der Waals surface area contributed by atoms with Crippen molar-refractivity contribution in [2.75, 3.05) is 24.4 Å². The summed E-state index contributed by atoms with van der Waals surface area (Å²) in [5.41, 5.74) is 3.07. The minimum absolute atomic E-state index is 0.0287. The molecular weight excluding hydrogens is 356 g/mol. The van der Waals surface area contributed by atoms with E-state index in [1.165, 1.54) is 7.11 Å². The first-order chi connectivity index (χ1) is 13.4. The van der Waals surface area contributed by atoms with Gasteiger partial charge in [-0.15, -0.1) is 0 Å². The third-order valence-electron chi connectivity index (χ3n) is 4.14. The molecule has 0 aliphatic rings.